The molecule has 1 aliphatic carbocycles. The Hall–Kier alpha value is -3.92. The van der Waals surface area contributed by atoms with Gasteiger partial charge >= 0.3 is 0 Å². The maximum atomic E-state index is 14.4. The van der Waals surface area contributed by atoms with E-state index in [0.29, 0.717) is 12.2 Å². The molecule has 0 bridgehead atoms. The number of nitrogens with one attached hydrogen (secondary N) is 4. The molecule has 2 aromatic rings. The van der Waals surface area contributed by atoms with E-state index in [-0.39, 0.29) is 42.8 Å². The average Bonchev–Trinajstić information content (AvgIpc) is 3.00. The lowest BCUT2D eigenvalue weighted by Crippen LogP contribution is -2.62. The van der Waals surface area contributed by atoms with Gasteiger partial charge in [-0.25, -0.2) is 0 Å². The van der Waals surface area contributed by atoms with Gasteiger partial charge in [0, 0.05) is 20.0 Å². The lowest BCUT2D eigenvalue weighted by Gasteiger charge is -2.41. The van der Waals surface area contributed by atoms with Gasteiger partial charge in [-0.2, -0.15) is 0 Å². The lowest BCUT2D eigenvalue weighted by atomic mass is 9.83. The van der Waals surface area contributed by atoms with E-state index in [1.165, 1.54) is 5.56 Å². The van der Waals surface area contributed by atoms with Gasteiger partial charge in [-0.1, -0.05) is 51.1 Å². The summed E-state index contributed by atoms with van der Waals surface area (Å²) in [6, 6.07) is 11.4. The second-order valence-corrected chi connectivity index (χ2v) is 12.5. The molecule has 0 unspecified atom stereocenters. The number of carbonyl (C=O) groups is 4. The first-order valence-corrected chi connectivity index (χ1v) is 15.0. The molecule has 43 heavy (non-hydrogen) atoms. The minimum Gasteiger partial charge on any atom is -0.484 e. The summed E-state index contributed by atoms with van der Waals surface area (Å²) in [5.74, 6) is -0.591. The van der Waals surface area contributed by atoms with Crippen molar-refractivity contribution in [2.45, 2.75) is 84.1 Å². The third-order valence-electron chi connectivity index (χ3n) is 8.45. The molecule has 10 nitrogen and oxygen atoms in total. The summed E-state index contributed by atoms with van der Waals surface area (Å²) in [4.78, 5) is 54.7. The van der Waals surface area contributed by atoms with Crippen LogP contribution in [0.5, 0.6) is 5.75 Å². The van der Waals surface area contributed by atoms with Crippen LogP contribution in [-0.2, 0) is 38.6 Å². The predicted molar refractivity (Wildman–Crippen MR) is 164 cm³/mol. The summed E-state index contributed by atoms with van der Waals surface area (Å²) >= 11 is 0. The number of ether oxygens (including phenoxy) is 1. The summed E-state index contributed by atoms with van der Waals surface area (Å²) in [6.45, 7) is 7.46. The molecule has 0 radical (unpaired) electrons. The maximum absolute atomic E-state index is 14.4. The van der Waals surface area contributed by atoms with Crippen molar-refractivity contribution in [3.8, 4) is 5.75 Å². The largest absolute Gasteiger partial charge is 0.484 e. The van der Waals surface area contributed by atoms with E-state index < -0.39 is 23.5 Å². The summed E-state index contributed by atoms with van der Waals surface area (Å²) in [7, 11) is 3.23. The zero-order valence-electron chi connectivity index (χ0n) is 26.1. The molecule has 1 heterocycles. The smallest absolute Gasteiger partial charge is 0.257 e. The van der Waals surface area contributed by atoms with E-state index in [9.17, 15) is 19.2 Å². The lowest BCUT2D eigenvalue weighted by molar-refractivity contribution is -0.147. The SMILES string of the molecule is CNC(=O)COc1ccc2c(c1)CN(C(=O)[C@@H](NC(=O)[C@H](C)NC)C(C)(C)C)[C@@H](C(=O)N[C@@H]1CCCc3ccccc31)C2. The number of amides is 4. The van der Waals surface area contributed by atoms with Crippen LogP contribution in [0.1, 0.15) is 68.8 Å². The Kier molecular flexibility index (Phi) is 10.1. The van der Waals surface area contributed by atoms with E-state index >= 15 is 0 Å². The van der Waals surface area contributed by atoms with E-state index in [2.05, 4.69) is 33.4 Å². The van der Waals surface area contributed by atoms with Crippen molar-refractivity contribution in [2.75, 3.05) is 20.7 Å². The maximum Gasteiger partial charge on any atom is 0.257 e. The van der Waals surface area contributed by atoms with E-state index in [1.807, 2.05) is 45.0 Å². The first-order chi connectivity index (χ1) is 20.4. The average molecular weight is 592 g/mol. The quantitative estimate of drug-likeness (QED) is 0.355. The highest BCUT2D eigenvalue weighted by atomic mass is 16.5. The number of nitrogens with zero attached hydrogens (tertiary/aromatic N) is 1. The van der Waals surface area contributed by atoms with Gasteiger partial charge in [0.15, 0.2) is 6.61 Å². The van der Waals surface area contributed by atoms with Gasteiger partial charge < -0.3 is 30.9 Å². The fourth-order valence-corrected chi connectivity index (χ4v) is 5.72. The topological polar surface area (TPSA) is 129 Å². The van der Waals surface area contributed by atoms with Crippen molar-refractivity contribution in [3.05, 3.63) is 64.7 Å². The number of hydrogen-bond acceptors (Lipinski definition) is 6. The van der Waals surface area contributed by atoms with Crippen molar-refractivity contribution in [2.24, 2.45) is 5.41 Å². The number of aryl methyl sites for hydroxylation is 1. The van der Waals surface area contributed by atoms with Crippen LogP contribution in [0.4, 0.5) is 0 Å². The molecule has 10 heteroatoms. The minimum absolute atomic E-state index is 0.131. The van der Waals surface area contributed by atoms with Crippen LogP contribution in [0.2, 0.25) is 0 Å². The van der Waals surface area contributed by atoms with Crippen molar-refractivity contribution in [3.63, 3.8) is 0 Å². The third kappa shape index (κ3) is 7.54. The molecule has 2 aromatic carbocycles. The van der Waals surface area contributed by atoms with Crippen molar-refractivity contribution in [1.29, 1.82) is 0 Å². The Morgan fingerprint density at radius 3 is 2.47 bits per heavy atom. The van der Waals surface area contributed by atoms with Crippen molar-refractivity contribution >= 4 is 23.6 Å². The Morgan fingerprint density at radius 1 is 1.02 bits per heavy atom. The standard InChI is InChI=1S/C33H45N5O5/c1-20(34-5)30(40)37-29(33(2,3)4)32(42)38-18-23-16-24(43-19-28(39)35-6)15-14-22(23)17-27(38)31(41)36-26-13-9-11-21-10-7-8-12-25(21)26/h7-8,10,12,14-16,20,26-27,29,34H,9,11,13,17-19H2,1-6H3,(H,35,39)(H,36,41)(H,37,40)/t20-,26+,27+,29+/m0/s1. The molecule has 0 spiro atoms. The molecule has 0 saturated heterocycles. The van der Waals surface area contributed by atoms with E-state index in [0.717, 1.165) is 36.0 Å². The number of benzene rings is 2. The molecule has 4 rings (SSSR count). The summed E-state index contributed by atoms with van der Waals surface area (Å²) in [5, 5.41) is 11.6. The Morgan fingerprint density at radius 2 is 1.77 bits per heavy atom. The molecular formula is C33H45N5O5. The molecule has 1 aliphatic heterocycles. The predicted octanol–water partition coefficient (Wildman–Crippen LogP) is 2.40. The van der Waals surface area contributed by atoms with Gasteiger partial charge in [0.2, 0.25) is 17.7 Å². The van der Waals surface area contributed by atoms with Gasteiger partial charge in [0.05, 0.1) is 12.1 Å². The molecule has 4 atom stereocenters. The molecular weight excluding hydrogens is 546 g/mol. The fourth-order valence-electron chi connectivity index (χ4n) is 5.72. The Labute approximate surface area is 254 Å². The molecule has 0 fully saturated rings. The summed E-state index contributed by atoms with van der Waals surface area (Å²) in [5.41, 5.74) is 3.50. The fraction of sp³-hybridized carbons (Fsp3) is 0.515. The monoisotopic (exact) mass is 591 g/mol. The van der Waals surface area contributed by atoms with E-state index in [1.54, 1.807) is 32.0 Å². The molecule has 2 aliphatic rings. The Balaban J connectivity index is 1.66. The van der Waals surface area contributed by atoms with Gasteiger partial charge in [-0.15, -0.1) is 0 Å². The number of rotatable bonds is 9. The second-order valence-electron chi connectivity index (χ2n) is 12.5. The zero-order valence-corrected chi connectivity index (χ0v) is 26.1. The van der Waals surface area contributed by atoms with Crippen LogP contribution in [0.3, 0.4) is 0 Å². The van der Waals surface area contributed by atoms with Crippen LogP contribution in [0.15, 0.2) is 42.5 Å². The number of hydrogen-bond donors (Lipinski definition) is 4. The van der Waals surface area contributed by atoms with Gasteiger partial charge in [0.1, 0.15) is 17.8 Å². The summed E-state index contributed by atoms with van der Waals surface area (Å²) in [6.07, 6.45) is 3.09. The highest BCUT2D eigenvalue weighted by molar-refractivity contribution is 5.94. The minimum atomic E-state index is -0.865. The highest BCUT2D eigenvalue weighted by Crippen LogP contribution is 2.33. The third-order valence-corrected chi connectivity index (χ3v) is 8.45. The van der Waals surface area contributed by atoms with Crippen LogP contribution in [0.25, 0.3) is 0 Å². The van der Waals surface area contributed by atoms with Crippen molar-refractivity contribution < 1.29 is 23.9 Å². The highest BCUT2D eigenvalue weighted by Gasteiger charge is 2.43. The van der Waals surface area contributed by atoms with Crippen LogP contribution in [-0.4, -0.2) is 67.4 Å². The summed E-state index contributed by atoms with van der Waals surface area (Å²) < 4.78 is 5.66. The second kappa shape index (κ2) is 13.6. The molecule has 232 valence electrons. The van der Waals surface area contributed by atoms with Crippen molar-refractivity contribution in [1.82, 2.24) is 26.2 Å². The van der Waals surface area contributed by atoms with Crippen LogP contribution in [0, 0.1) is 5.41 Å². The Bertz CT molecular complexity index is 1350. The van der Waals surface area contributed by atoms with Gasteiger partial charge in [-0.3, -0.25) is 19.2 Å². The number of carbonyl (C=O) groups excluding carboxylic acids is 4. The van der Waals surface area contributed by atoms with Gasteiger partial charge in [-0.05, 0) is 73.0 Å². The normalized spacial score (nSPS) is 19.3. The molecule has 0 aromatic heterocycles. The number of likely N-dealkylation sites (N-methyl/N-ethyl adjacent to an activating group) is 2. The van der Waals surface area contributed by atoms with E-state index in [4.69, 9.17) is 4.74 Å². The zero-order chi connectivity index (χ0) is 31.3. The molecule has 0 saturated carbocycles. The first-order valence-electron chi connectivity index (χ1n) is 15.0. The first kappa shape index (κ1) is 32.0. The van der Waals surface area contributed by atoms with Crippen LogP contribution >= 0.6 is 0 Å². The van der Waals surface area contributed by atoms with Crippen LogP contribution < -0.4 is 26.0 Å². The molecule has 4 N–H and O–H groups in total. The number of fused-ring (bicyclic) bond motifs is 2. The molecule has 4 amide bonds. The van der Waals surface area contributed by atoms with Gasteiger partial charge in [0.25, 0.3) is 5.91 Å².